The third kappa shape index (κ3) is 3.39. The topological polar surface area (TPSA) is 46.9 Å². The fourth-order valence-electron chi connectivity index (χ4n) is 2.46. The van der Waals surface area contributed by atoms with E-state index < -0.39 is 0 Å². The van der Waals surface area contributed by atoms with E-state index in [1.54, 1.807) is 6.07 Å². The SMILES string of the molecule is CCCNCc1nn(-c2c(C)cccc2C)c(C)cc1=O. The number of para-hydroxylation sites is 1. The minimum absolute atomic E-state index is 0.00131. The molecule has 2 aromatic rings. The first-order chi connectivity index (χ1) is 10.0. The van der Waals surface area contributed by atoms with E-state index in [-0.39, 0.29) is 5.43 Å². The van der Waals surface area contributed by atoms with Crippen molar-refractivity contribution in [2.24, 2.45) is 0 Å². The maximum absolute atomic E-state index is 12.1. The lowest BCUT2D eigenvalue weighted by molar-refractivity contribution is 0.635. The van der Waals surface area contributed by atoms with Gasteiger partial charge in [-0.05, 0) is 44.9 Å². The molecule has 0 saturated heterocycles. The molecule has 1 heterocycles. The maximum atomic E-state index is 12.1. The number of aryl methyl sites for hydroxylation is 3. The Labute approximate surface area is 125 Å². The second-order valence-electron chi connectivity index (χ2n) is 5.43. The highest BCUT2D eigenvalue weighted by molar-refractivity contribution is 5.47. The summed E-state index contributed by atoms with van der Waals surface area (Å²) >= 11 is 0. The van der Waals surface area contributed by atoms with Gasteiger partial charge in [0.1, 0.15) is 5.69 Å². The van der Waals surface area contributed by atoms with Crippen LogP contribution >= 0.6 is 0 Å². The summed E-state index contributed by atoms with van der Waals surface area (Å²) in [6.07, 6.45) is 1.04. The molecule has 1 N–H and O–H groups in total. The molecule has 0 aliphatic carbocycles. The Morgan fingerprint density at radius 1 is 1.19 bits per heavy atom. The molecule has 0 radical (unpaired) electrons. The minimum atomic E-state index is -0.00131. The molecule has 0 spiro atoms. The van der Waals surface area contributed by atoms with Gasteiger partial charge in [-0.2, -0.15) is 5.10 Å². The Morgan fingerprint density at radius 3 is 2.48 bits per heavy atom. The molecule has 0 amide bonds. The molecule has 0 unspecified atom stereocenters. The summed E-state index contributed by atoms with van der Waals surface area (Å²) in [4.78, 5) is 12.1. The summed E-state index contributed by atoms with van der Waals surface area (Å²) in [5.74, 6) is 0. The van der Waals surface area contributed by atoms with Crippen molar-refractivity contribution in [2.45, 2.75) is 40.7 Å². The summed E-state index contributed by atoms with van der Waals surface area (Å²) in [6, 6.07) is 7.84. The molecule has 21 heavy (non-hydrogen) atoms. The number of nitrogens with one attached hydrogen (secondary N) is 1. The van der Waals surface area contributed by atoms with Gasteiger partial charge in [-0.25, -0.2) is 4.68 Å². The highest BCUT2D eigenvalue weighted by atomic mass is 16.1. The van der Waals surface area contributed by atoms with Gasteiger partial charge in [-0.1, -0.05) is 25.1 Å². The van der Waals surface area contributed by atoms with Crippen molar-refractivity contribution in [1.29, 1.82) is 0 Å². The first-order valence-corrected chi connectivity index (χ1v) is 7.41. The molecule has 1 aromatic carbocycles. The van der Waals surface area contributed by atoms with E-state index in [0.717, 1.165) is 35.5 Å². The van der Waals surface area contributed by atoms with Crippen LogP contribution in [0.4, 0.5) is 0 Å². The van der Waals surface area contributed by atoms with Crippen molar-refractivity contribution < 1.29 is 0 Å². The molecule has 112 valence electrons. The maximum Gasteiger partial charge on any atom is 0.204 e. The zero-order valence-corrected chi connectivity index (χ0v) is 13.2. The van der Waals surface area contributed by atoms with Gasteiger partial charge in [0.15, 0.2) is 0 Å². The van der Waals surface area contributed by atoms with Crippen LogP contribution in [0.25, 0.3) is 5.69 Å². The zero-order valence-electron chi connectivity index (χ0n) is 13.2. The third-order valence-electron chi connectivity index (χ3n) is 3.55. The molecule has 4 nitrogen and oxygen atoms in total. The molecular weight excluding hydrogens is 262 g/mol. The molecule has 4 heteroatoms. The normalized spacial score (nSPS) is 10.9. The van der Waals surface area contributed by atoms with Crippen LogP contribution in [-0.2, 0) is 6.54 Å². The van der Waals surface area contributed by atoms with Gasteiger partial charge in [0.25, 0.3) is 0 Å². The Balaban J connectivity index is 2.49. The Hall–Kier alpha value is -1.94. The molecule has 0 fully saturated rings. The minimum Gasteiger partial charge on any atom is -0.311 e. The average Bonchev–Trinajstić information content (AvgIpc) is 2.43. The predicted octanol–water partition coefficient (Wildman–Crippen LogP) is 2.66. The number of rotatable bonds is 5. The lowest BCUT2D eigenvalue weighted by Gasteiger charge is -2.16. The van der Waals surface area contributed by atoms with Crippen molar-refractivity contribution in [2.75, 3.05) is 6.54 Å². The quantitative estimate of drug-likeness (QED) is 0.859. The zero-order chi connectivity index (χ0) is 15.4. The molecule has 0 aliphatic rings. The number of aromatic nitrogens is 2. The van der Waals surface area contributed by atoms with Crippen LogP contribution in [0.15, 0.2) is 29.1 Å². The van der Waals surface area contributed by atoms with Gasteiger partial charge in [-0.15, -0.1) is 0 Å². The van der Waals surface area contributed by atoms with Crippen LogP contribution in [0.5, 0.6) is 0 Å². The van der Waals surface area contributed by atoms with E-state index in [4.69, 9.17) is 0 Å². The van der Waals surface area contributed by atoms with Crippen LogP contribution in [0.2, 0.25) is 0 Å². The van der Waals surface area contributed by atoms with Crippen molar-refractivity contribution in [1.82, 2.24) is 15.1 Å². The van der Waals surface area contributed by atoms with Crippen LogP contribution in [-0.4, -0.2) is 16.3 Å². The van der Waals surface area contributed by atoms with E-state index in [0.29, 0.717) is 12.2 Å². The largest absolute Gasteiger partial charge is 0.311 e. The lowest BCUT2D eigenvalue weighted by Crippen LogP contribution is -2.25. The second kappa shape index (κ2) is 6.68. The van der Waals surface area contributed by atoms with Crippen molar-refractivity contribution in [3.63, 3.8) is 0 Å². The monoisotopic (exact) mass is 285 g/mol. The second-order valence-corrected chi connectivity index (χ2v) is 5.43. The third-order valence-corrected chi connectivity index (χ3v) is 3.55. The smallest absolute Gasteiger partial charge is 0.204 e. The van der Waals surface area contributed by atoms with Gasteiger partial charge in [-0.3, -0.25) is 4.79 Å². The van der Waals surface area contributed by atoms with Crippen molar-refractivity contribution in [3.8, 4) is 5.69 Å². The first-order valence-electron chi connectivity index (χ1n) is 7.41. The highest BCUT2D eigenvalue weighted by Crippen LogP contribution is 2.18. The van der Waals surface area contributed by atoms with E-state index >= 15 is 0 Å². The van der Waals surface area contributed by atoms with Gasteiger partial charge in [0.2, 0.25) is 5.43 Å². The fourth-order valence-corrected chi connectivity index (χ4v) is 2.46. The molecule has 0 aliphatic heterocycles. The number of hydrogen-bond acceptors (Lipinski definition) is 3. The van der Waals surface area contributed by atoms with Crippen molar-refractivity contribution >= 4 is 0 Å². The van der Waals surface area contributed by atoms with Gasteiger partial charge < -0.3 is 5.32 Å². The van der Waals surface area contributed by atoms with E-state index in [2.05, 4.69) is 43.3 Å². The summed E-state index contributed by atoms with van der Waals surface area (Å²) in [5.41, 5.74) is 4.79. The molecule has 0 bridgehead atoms. The molecule has 1 aromatic heterocycles. The Bertz CT molecular complexity index is 669. The standard InChI is InChI=1S/C17H23N3O/c1-5-9-18-11-15-16(21)10-14(4)20(19-15)17-12(2)7-6-8-13(17)3/h6-8,10,18H,5,9,11H2,1-4H3. The van der Waals surface area contributed by atoms with Crippen LogP contribution in [0, 0.1) is 20.8 Å². The van der Waals surface area contributed by atoms with E-state index in [1.165, 1.54) is 0 Å². The number of hydrogen-bond donors (Lipinski definition) is 1. The van der Waals surface area contributed by atoms with Crippen LogP contribution in [0.3, 0.4) is 0 Å². The Morgan fingerprint density at radius 2 is 1.86 bits per heavy atom. The van der Waals surface area contributed by atoms with E-state index in [1.807, 2.05) is 17.7 Å². The molecule has 0 atom stereocenters. The average molecular weight is 285 g/mol. The van der Waals surface area contributed by atoms with Gasteiger partial charge >= 0.3 is 0 Å². The molecule has 0 saturated carbocycles. The van der Waals surface area contributed by atoms with Crippen molar-refractivity contribution in [3.05, 3.63) is 57.0 Å². The molecule has 2 rings (SSSR count). The summed E-state index contributed by atoms with van der Waals surface area (Å²) in [5, 5.41) is 7.82. The highest BCUT2D eigenvalue weighted by Gasteiger charge is 2.11. The summed E-state index contributed by atoms with van der Waals surface area (Å²) in [7, 11) is 0. The van der Waals surface area contributed by atoms with Gasteiger partial charge in [0.05, 0.1) is 5.69 Å². The first kappa shape index (κ1) is 15.4. The van der Waals surface area contributed by atoms with Crippen LogP contribution in [0.1, 0.15) is 35.9 Å². The predicted molar refractivity (Wildman–Crippen MR) is 86.0 cm³/mol. The number of benzene rings is 1. The Kier molecular flexibility index (Phi) is 4.91. The van der Waals surface area contributed by atoms with E-state index in [9.17, 15) is 4.79 Å². The van der Waals surface area contributed by atoms with Crippen LogP contribution < -0.4 is 10.7 Å². The summed E-state index contributed by atoms with van der Waals surface area (Å²) in [6.45, 7) is 9.55. The molecular formula is C17H23N3O. The van der Waals surface area contributed by atoms with Gasteiger partial charge in [0, 0.05) is 18.3 Å². The fraction of sp³-hybridized carbons (Fsp3) is 0.412. The summed E-state index contributed by atoms with van der Waals surface area (Å²) < 4.78 is 1.88. The number of nitrogens with zero attached hydrogens (tertiary/aromatic N) is 2. The lowest BCUT2D eigenvalue weighted by atomic mass is 10.1.